The number of anilines is 1. The van der Waals surface area contributed by atoms with Crippen LogP contribution in [-0.2, 0) is 13.1 Å². The summed E-state index contributed by atoms with van der Waals surface area (Å²) < 4.78 is 0. The fourth-order valence-corrected chi connectivity index (χ4v) is 2.86. The largest absolute Gasteiger partial charge is 0.336 e. The number of amides is 2. The highest BCUT2D eigenvalue weighted by Gasteiger charge is 2.15. The van der Waals surface area contributed by atoms with Crippen LogP contribution in [0.25, 0.3) is 0 Å². The molecular formula is C23H25N3O. The highest BCUT2D eigenvalue weighted by Crippen LogP contribution is 2.13. The maximum absolute atomic E-state index is 12.9. The van der Waals surface area contributed by atoms with Crippen molar-refractivity contribution in [2.24, 2.45) is 0 Å². The van der Waals surface area contributed by atoms with E-state index in [4.69, 9.17) is 0 Å². The Balaban J connectivity index is 1.76. The molecule has 0 saturated carbocycles. The highest BCUT2D eigenvalue weighted by atomic mass is 16.2. The molecule has 3 aromatic carbocycles. The summed E-state index contributed by atoms with van der Waals surface area (Å²) >= 11 is 0. The minimum absolute atomic E-state index is 0.182. The molecule has 0 atom stereocenters. The lowest BCUT2D eigenvalue weighted by Gasteiger charge is -2.25. The van der Waals surface area contributed by atoms with E-state index in [1.807, 2.05) is 60.7 Å². The number of aryl methyl sites for hydroxylation is 2. The normalized spacial score (nSPS) is 10.4. The molecule has 0 unspecified atom stereocenters. The van der Waals surface area contributed by atoms with Crippen LogP contribution in [0.5, 0.6) is 0 Å². The summed E-state index contributed by atoms with van der Waals surface area (Å²) in [6.45, 7) is 5.20. The van der Waals surface area contributed by atoms with Gasteiger partial charge >= 0.3 is 6.03 Å². The lowest BCUT2D eigenvalue weighted by Crippen LogP contribution is -2.44. The number of carbonyl (C=O) groups excluding carboxylic acids is 1. The second kappa shape index (κ2) is 9.01. The van der Waals surface area contributed by atoms with Gasteiger partial charge in [0.05, 0.1) is 6.54 Å². The van der Waals surface area contributed by atoms with Crippen molar-refractivity contribution in [2.75, 3.05) is 5.32 Å². The molecular weight excluding hydrogens is 334 g/mol. The Bertz CT molecular complexity index is 893. The Labute approximate surface area is 160 Å². The molecule has 2 N–H and O–H groups in total. The number of rotatable bonds is 6. The minimum atomic E-state index is -0.182. The highest BCUT2D eigenvalue weighted by molar-refractivity contribution is 5.88. The number of carbonyl (C=O) groups is 1. The van der Waals surface area contributed by atoms with Gasteiger partial charge in [-0.2, -0.15) is 0 Å². The Morgan fingerprint density at radius 1 is 0.778 bits per heavy atom. The Kier molecular flexibility index (Phi) is 6.23. The zero-order chi connectivity index (χ0) is 19.1. The van der Waals surface area contributed by atoms with E-state index in [1.54, 1.807) is 5.01 Å². The first-order valence-electron chi connectivity index (χ1n) is 9.09. The zero-order valence-electron chi connectivity index (χ0n) is 15.8. The van der Waals surface area contributed by atoms with Gasteiger partial charge in [-0.1, -0.05) is 66.7 Å². The molecule has 0 aromatic heterocycles. The van der Waals surface area contributed by atoms with Gasteiger partial charge in [-0.3, -0.25) is 5.01 Å². The molecule has 0 spiro atoms. The van der Waals surface area contributed by atoms with Crippen LogP contribution in [0.2, 0.25) is 0 Å². The van der Waals surface area contributed by atoms with E-state index in [2.05, 4.69) is 42.8 Å². The molecule has 27 heavy (non-hydrogen) atoms. The van der Waals surface area contributed by atoms with Crippen molar-refractivity contribution in [1.82, 2.24) is 10.4 Å². The van der Waals surface area contributed by atoms with Gasteiger partial charge < -0.3 is 5.32 Å². The summed E-state index contributed by atoms with van der Waals surface area (Å²) in [5, 5.41) is 4.60. The number of benzene rings is 3. The van der Waals surface area contributed by atoms with Gasteiger partial charge in [-0.25, -0.2) is 10.2 Å². The molecule has 0 radical (unpaired) electrons. The number of hydrazine groups is 1. The van der Waals surface area contributed by atoms with E-state index in [-0.39, 0.29) is 6.03 Å². The molecule has 0 aliphatic carbocycles. The van der Waals surface area contributed by atoms with E-state index >= 15 is 0 Å². The number of urea groups is 1. The first kappa shape index (κ1) is 18.7. The van der Waals surface area contributed by atoms with Crippen molar-refractivity contribution >= 4 is 11.7 Å². The SMILES string of the molecule is Cc1ccccc1CNN(Cc1ccccc1C)C(=O)Nc1ccccc1. The maximum Gasteiger partial charge on any atom is 0.336 e. The van der Waals surface area contributed by atoms with Crippen LogP contribution in [0.3, 0.4) is 0 Å². The van der Waals surface area contributed by atoms with E-state index in [0.29, 0.717) is 13.1 Å². The molecule has 138 valence electrons. The predicted molar refractivity (Wildman–Crippen MR) is 110 cm³/mol. The monoisotopic (exact) mass is 359 g/mol. The average Bonchev–Trinajstić information content (AvgIpc) is 2.68. The number of para-hydroxylation sites is 1. The third kappa shape index (κ3) is 5.19. The quantitative estimate of drug-likeness (QED) is 0.606. The first-order chi connectivity index (χ1) is 13.1. The van der Waals surface area contributed by atoms with Gasteiger partial charge in [0, 0.05) is 12.2 Å². The molecule has 0 aliphatic rings. The van der Waals surface area contributed by atoms with Gasteiger partial charge in [0.2, 0.25) is 0 Å². The van der Waals surface area contributed by atoms with Crippen molar-refractivity contribution < 1.29 is 4.79 Å². The van der Waals surface area contributed by atoms with Crippen LogP contribution in [0, 0.1) is 13.8 Å². The topological polar surface area (TPSA) is 44.4 Å². The van der Waals surface area contributed by atoms with Crippen LogP contribution in [0.1, 0.15) is 22.3 Å². The summed E-state index contributed by atoms with van der Waals surface area (Å²) in [4.78, 5) is 12.9. The zero-order valence-corrected chi connectivity index (χ0v) is 15.8. The number of hydrogen-bond donors (Lipinski definition) is 2. The number of nitrogens with zero attached hydrogens (tertiary/aromatic N) is 1. The predicted octanol–water partition coefficient (Wildman–Crippen LogP) is 5.04. The molecule has 4 heteroatoms. The lowest BCUT2D eigenvalue weighted by atomic mass is 10.1. The van der Waals surface area contributed by atoms with Crippen LogP contribution < -0.4 is 10.7 Å². The molecule has 0 aliphatic heterocycles. The third-order valence-electron chi connectivity index (χ3n) is 4.58. The molecule has 0 heterocycles. The summed E-state index contributed by atoms with van der Waals surface area (Å²) in [6, 6.07) is 25.6. The van der Waals surface area contributed by atoms with Gasteiger partial charge in [0.25, 0.3) is 0 Å². The first-order valence-corrected chi connectivity index (χ1v) is 9.09. The third-order valence-corrected chi connectivity index (χ3v) is 4.58. The smallest absolute Gasteiger partial charge is 0.307 e. The summed E-state index contributed by atoms with van der Waals surface area (Å²) in [7, 11) is 0. The minimum Gasteiger partial charge on any atom is -0.307 e. The molecule has 0 saturated heterocycles. The van der Waals surface area contributed by atoms with Crippen molar-refractivity contribution in [3.8, 4) is 0 Å². The average molecular weight is 359 g/mol. The Hall–Kier alpha value is -3.11. The fourth-order valence-electron chi connectivity index (χ4n) is 2.86. The van der Waals surface area contributed by atoms with Crippen LogP contribution in [0.4, 0.5) is 10.5 Å². The van der Waals surface area contributed by atoms with Crippen LogP contribution in [-0.4, -0.2) is 11.0 Å². The fraction of sp³-hybridized carbons (Fsp3) is 0.174. The standard InChI is InChI=1S/C23H25N3O/c1-18-10-6-8-12-20(18)16-24-26(17-21-13-9-7-11-19(21)2)23(27)25-22-14-4-3-5-15-22/h3-15,24H,16-17H2,1-2H3,(H,25,27). The molecule has 4 nitrogen and oxygen atoms in total. The number of hydrogen-bond acceptors (Lipinski definition) is 2. The van der Waals surface area contributed by atoms with Crippen molar-refractivity contribution in [1.29, 1.82) is 0 Å². The van der Waals surface area contributed by atoms with E-state index in [1.165, 1.54) is 11.1 Å². The Morgan fingerprint density at radius 2 is 1.33 bits per heavy atom. The van der Waals surface area contributed by atoms with Gasteiger partial charge in [-0.05, 0) is 48.2 Å². The van der Waals surface area contributed by atoms with Crippen LogP contribution >= 0.6 is 0 Å². The van der Waals surface area contributed by atoms with Crippen molar-refractivity contribution in [3.63, 3.8) is 0 Å². The molecule has 3 aromatic rings. The summed E-state index contributed by atoms with van der Waals surface area (Å²) in [5.74, 6) is 0. The van der Waals surface area contributed by atoms with Gasteiger partial charge in [0.15, 0.2) is 0 Å². The van der Waals surface area contributed by atoms with Crippen molar-refractivity contribution in [2.45, 2.75) is 26.9 Å². The maximum atomic E-state index is 12.9. The van der Waals surface area contributed by atoms with Crippen molar-refractivity contribution in [3.05, 3.63) is 101 Å². The Morgan fingerprint density at radius 3 is 1.96 bits per heavy atom. The van der Waals surface area contributed by atoms with E-state index in [0.717, 1.165) is 16.8 Å². The van der Waals surface area contributed by atoms with Gasteiger partial charge in [0.1, 0.15) is 0 Å². The van der Waals surface area contributed by atoms with E-state index in [9.17, 15) is 4.79 Å². The molecule has 0 fully saturated rings. The van der Waals surface area contributed by atoms with E-state index < -0.39 is 0 Å². The lowest BCUT2D eigenvalue weighted by molar-refractivity contribution is 0.177. The molecule has 3 rings (SSSR count). The number of nitrogens with one attached hydrogen (secondary N) is 2. The van der Waals surface area contributed by atoms with Crippen LogP contribution in [0.15, 0.2) is 78.9 Å². The summed E-state index contributed by atoms with van der Waals surface area (Å²) in [5.41, 5.74) is 8.70. The second-order valence-corrected chi connectivity index (χ2v) is 6.57. The van der Waals surface area contributed by atoms with Gasteiger partial charge in [-0.15, -0.1) is 0 Å². The summed E-state index contributed by atoms with van der Waals surface area (Å²) in [6.07, 6.45) is 0. The molecule has 2 amide bonds. The second-order valence-electron chi connectivity index (χ2n) is 6.57. The molecule has 0 bridgehead atoms.